The Morgan fingerprint density at radius 2 is 1.78 bits per heavy atom. The van der Waals surface area contributed by atoms with Crippen LogP contribution >= 0.6 is 0 Å². The molecule has 0 aromatic heterocycles. The summed E-state index contributed by atoms with van der Waals surface area (Å²) in [4.78, 5) is 12.7. The Balaban J connectivity index is 1.51. The highest BCUT2D eigenvalue weighted by Gasteiger charge is 2.28. The average molecular weight is 360 g/mol. The zero-order chi connectivity index (χ0) is 18.6. The van der Waals surface area contributed by atoms with Crippen LogP contribution in [-0.4, -0.2) is 19.1 Å². The number of methoxy groups -OCH3 is 1. The number of amides is 1. The van der Waals surface area contributed by atoms with E-state index in [4.69, 9.17) is 4.74 Å². The van der Waals surface area contributed by atoms with Crippen molar-refractivity contribution in [1.29, 1.82) is 0 Å². The maximum Gasteiger partial charge on any atom is 0.241 e. The molecule has 4 nitrogen and oxygen atoms in total. The van der Waals surface area contributed by atoms with Crippen LogP contribution in [0.15, 0.2) is 66.7 Å². The van der Waals surface area contributed by atoms with Gasteiger partial charge in [0.15, 0.2) is 0 Å². The van der Waals surface area contributed by atoms with Gasteiger partial charge in [-0.25, -0.2) is 0 Å². The first-order chi connectivity index (χ1) is 13.2. The predicted molar refractivity (Wildman–Crippen MR) is 108 cm³/mol. The third-order valence-corrected chi connectivity index (χ3v) is 4.94. The number of benzene rings is 3. The molecule has 0 heterocycles. The second kappa shape index (κ2) is 7.80. The number of rotatable bonds is 7. The first-order valence-corrected chi connectivity index (χ1v) is 9.38. The van der Waals surface area contributed by atoms with Gasteiger partial charge in [-0.1, -0.05) is 48.5 Å². The van der Waals surface area contributed by atoms with Gasteiger partial charge in [0.05, 0.1) is 7.11 Å². The van der Waals surface area contributed by atoms with E-state index in [0.29, 0.717) is 12.6 Å². The molecule has 1 atom stereocenters. The van der Waals surface area contributed by atoms with Crippen LogP contribution < -0.4 is 15.4 Å². The molecular weight excluding hydrogens is 336 g/mol. The normalized spacial score (nSPS) is 14.7. The molecule has 3 aromatic carbocycles. The summed E-state index contributed by atoms with van der Waals surface area (Å²) in [7, 11) is 1.68. The van der Waals surface area contributed by atoms with Crippen molar-refractivity contribution in [2.45, 2.75) is 31.5 Å². The Bertz CT molecular complexity index is 936. The van der Waals surface area contributed by atoms with Crippen LogP contribution in [0.5, 0.6) is 5.75 Å². The zero-order valence-corrected chi connectivity index (χ0v) is 15.4. The van der Waals surface area contributed by atoms with Crippen molar-refractivity contribution in [2.75, 3.05) is 7.11 Å². The smallest absolute Gasteiger partial charge is 0.241 e. The summed E-state index contributed by atoms with van der Waals surface area (Å²) in [6, 6.07) is 22.3. The standard InChI is InChI=1S/C23H24N2O2/c1-27-21-12-9-18-13-16(7-8-19(18)14-21)15-24-22(17-5-3-2-4-6-17)23(26)25-20-10-11-20/h2-9,12-14,20,22,24H,10-11,15H2,1H3,(H,25,26). The topological polar surface area (TPSA) is 50.4 Å². The number of hydrogen-bond acceptors (Lipinski definition) is 3. The van der Waals surface area contributed by atoms with Gasteiger partial charge in [-0.3, -0.25) is 10.1 Å². The summed E-state index contributed by atoms with van der Waals surface area (Å²) in [5, 5.41) is 8.86. The molecular formula is C23H24N2O2. The third-order valence-electron chi connectivity index (χ3n) is 4.94. The maximum atomic E-state index is 12.7. The van der Waals surface area contributed by atoms with E-state index < -0.39 is 0 Å². The summed E-state index contributed by atoms with van der Waals surface area (Å²) in [5.74, 6) is 0.906. The Hall–Kier alpha value is -2.85. The molecule has 0 bridgehead atoms. The summed E-state index contributed by atoms with van der Waals surface area (Å²) >= 11 is 0. The Kier molecular flexibility index (Phi) is 5.07. The van der Waals surface area contributed by atoms with Crippen molar-refractivity contribution >= 4 is 16.7 Å². The lowest BCUT2D eigenvalue weighted by molar-refractivity contribution is -0.123. The highest BCUT2D eigenvalue weighted by molar-refractivity contribution is 5.85. The van der Waals surface area contributed by atoms with Gasteiger partial charge in [0.1, 0.15) is 11.8 Å². The number of fused-ring (bicyclic) bond motifs is 1. The highest BCUT2D eigenvalue weighted by Crippen LogP contribution is 2.23. The van der Waals surface area contributed by atoms with Crippen LogP contribution in [0.4, 0.5) is 0 Å². The molecule has 138 valence electrons. The van der Waals surface area contributed by atoms with Crippen molar-refractivity contribution in [3.8, 4) is 5.75 Å². The van der Waals surface area contributed by atoms with Gasteiger partial charge < -0.3 is 10.1 Å². The van der Waals surface area contributed by atoms with Crippen LogP contribution in [0.2, 0.25) is 0 Å². The molecule has 1 saturated carbocycles. The molecule has 0 aliphatic heterocycles. The molecule has 27 heavy (non-hydrogen) atoms. The molecule has 0 saturated heterocycles. The SMILES string of the molecule is COc1ccc2cc(CNC(C(=O)NC3CC3)c3ccccc3)ccc2c1. The molecule has 1 aliphatic carbocycles. The average Bonchev–Trinajstić information content (AvgIpc) is 3.52. The van der Waals surface area contributed by atoms with Crippen LogP contribution in [0, 0.1) is 0 Å². The van der Waals surface area contributed by atoms with Gasteiger partial charge >= 0.3 is 0 Å². The molecule has 1 amide bonds. The maximum absolute atomic E-state index is 12.7. The monoisotopic (exact) mass is 360 g/mol. The van der Waals surface area contributed by atoms with Gasteiger partial charge in [0.25, 0.3) is 0 Å². The lowest BCUT2D eigenvalue weighted by atomic mass is 10.0. The van der Waals surface area contributed by atoms with E-state index in [1.54, 1.807) is 7.11 Å². The number of carbonyl (C=O) groups excluding carboxylic acids is 1. The van der Waals surface area contributed by atoms with Crippen LogP contribution in [0.25, 0.3) is 10.8 Å². The van der Waals surface area contributed by atoms with Crippen LogP contribution in [0.1, 0.15) is 30.0 Å². The molecule has 1 fully saturated rings. The van der Waals surface area contributed by atoms with Crippen molar-refractivity contribution in [3.63, 3.8) is 0 Å². The Morgan fingerprint density at radius 3 is 2.52 bits per heavy atom. The van der Waals surface area contributed by atoms with Crippen molar-refractivity contribution in [2.24, 2.45) is 0 Å². The van der Waals surface area contributed by atoms with Crippen LogP contribution in [0.3, 0.4) is 0 Å². The van der Waals surface area contributed by atoms with Crippen molar-refractivity contribution < 1.29 is 9.53 Å². The number of hydrogen-bond donors (Lipinski definition) is 2. The summed E-state index contributed by atoms with van der Waals surface area (Å²) < 4.78 is 5.29. The van der Waals surface area contributed by atoms with E-state index >= 15 is 0 Å². The lowest BCUT2D eigenvalue weighted by Crippen LogP contribution is -2.38. The van der Waals surface area contributed by atoms with Gasteiger partial charge in [-0.15, -0.1) is 0 Å². The minimum atomic E-state index is -0.349. The molecule has 4 rings (SSSR count). The second-order valence-corrected chi connectivity index (χ2v) is 7.05. The Labute approximate surface area is 159 Å². The van der Waals surface area contributed by atoms with E-state index in [1.165, 1.54) is 0 Å². The fraction of sp³-hybridized carbons (Fsp3) is 0.261. The van der Waals surface area contributed by atoms with Crippen molar-refractivity contribution in [3.05, 3.63) is 77.9 Å². The highest BCUT2D eigenvalue weighted by atomic mass is 16.5. The lowest BCUT2D eigenvalue weighted by Gasteiger charge is -2.19. The minimum absolute atomic E-state index is 0.0502. The molecule has 2 N–H and O–H groups in total. The Morgan fingerprint density at radius 1 is 1.04 bits per heavy atom. The zero-order valence-electron chi connectivity index (χ0n) is 15.4. The summed E-state index contributed by atoms with van der Waals surface area (Å²) in [6.07, 6.45) is 2.17. The molecule has 0 radical (unpaired) electrons. The minimum Gasteiger partial charge on any atom is -0.497 e. The fourth-order valence-electron chi connectivity index (χ4n) is 3.25. The van der Waals surface area contributed by atoms with Gasteiger partial charge in [0, 0.05) is 12.6 Å². The molecule has 1 aliphatic rings. The largest absolute Gasteiger partial charge is 0.497 e. The summed E-state index contributed by atoms with van der Waals surface area (Å²) in [6.45, 7) is 0.625. The number of ether oxygens (including phenoxy) is 1. The quantitative estimate of drug-likeness (QED) is 0.671. The molecule has 1 unspecified atom stereocenters. The van der Waals surface area contributed by atoms with Gasteiger partial charge in [0.2, 0.25) is 5.91 Å². The van der Waals surface area contributed by atoms with Crippen LogP contribution in [-0.2, 0) is 11.3 Å². The number of nitrogens with one attached hydrogen (secondary N) is 2. The third kappa shape index (κ3) is 4.29. The van der Waals surface area contributed by atoms with Crippen molar-refractivity contribution in [1.82, 2.24) is 10.6 Å². The van der Waals surface area contributed by atoms with E-state index in [9.17, 15) is 4.79 Å². The van der Waals surface area contributed by atoms with Gasteiger partial charge in [-0.2, -0.15) is 0 Å². The predicted octanol–water partition coefficient (Wildman–Crippen LogP) is 3.96. The second-order valence-electron chi connectivity index (χ2n) is 7.05. The number of carbonyl (C=O) groups is 1. The van der Waals surface area contributed by atoms with Gasteiger partial charge in [-0.05, 0) is 52.9 Å². The van der Waals surface area contributed by atoms with E-state index in [1.807, 2.05) is 42.5 Å². The molecule has 0 spiro atoms. The van der Waals surface area contributed by atoms with E-state index in [0.717, 1.165) is 40.5 Å². The first-order valence-electron chi connectivity index (χ1n) is 9.38. The molecule has 3 aromatic rings. The van der Waals surface area contributed by atoms with E-state index in [-0.39, 0.29) is 11.9 Å². The van der Waals surface area contributed by atoms with E-state index in [2.05, 4.69) is 34.9 Å². The molecule has 4 heteroatoms. The summed E-state index contributed by atoms with van der Waals surface area (Å²) in [5.41, 5.74) is 2.13. The fourth-order valence-corrected chi connectivity index (χ4v) is 3.25. The first kappa shape index (κ1) is 17.6.